The van der Waals surface area contributed by atoms with Gasteiger partial charge in [-0.05, 0) is 47.1 Å². The topological polar surface area (TPSA) is 75.3 Å². The Balaban J connectivity index is 1.98. The second-order valence-electron chi connectivity index (χ2n) is 8.66. The molecule has 0 heterocycles. The van der Waals surface area contributed by atoms with Gasteiger partial charge in [-0.15, -0.1) is 0 Å². The van der Waals surface area contributed by atoms with E-state index >= 15 is 0 Å². The van der Waals surface area contributed by atoms with Crippen LogP contribution in [0.3, 0.4) is 0 Å². The Hall–Kier alpha value is -2.41. The monoisotopic (exact) mass is 434 g/mol. The summed E-state index contributed by atoms with van der Waals surface area (Å²) in [6.45, 7) is 8.64. The zero-order chi connectivity index (χ0) is 22.5. The number of benzene rings is 2. The Labute approximate surface area is 179 Å². The van der Waals surface area contributed by atoms with Crippen molar-refractivity contribution in [3.05, 3.63) is 65.0 Å². The van der Waals surface area contributed by atoms with Crippen LogP contribution in [0.2, 0.25) is 0 Å². The van der Waals surface area contributed by atoms with Gasteiger partial charge in [0, 0.05) is 12.5 Å². The van der Waals surface area contributed by atoms with Gasteiger partial charge in [-0.25, -0.2) is 12.8 Å². The molecule has 2 rings (SSSR count). The van der Waals surface area contributed by atoms with Crippen molar-refractivity contribution >= 4 is 21.6 Å². The van der Waals surface area contributed by atoms with Gasteiger partial charge in [0.25, 0.3) is 0 Å². The van der Waals surface area contributed by atoms with E-state index in [2.05, 4.69) is 55.1 Å². The molecule has 164 valence electrons. The minimum absolute atomic E-state index is 0.0850. The van der Waals surface area contributed by atoms with Crippen LogP contribution in [0.15, 0.2) is 42.5 Å². The minimum Gasteiger partial charge on any atom is -0.352 e. The zero-order valence-corrected chi connectivity index (χ0v) is 19.1. The number of sulfonamides is 1. The molecule has 0 bridgehead atoms. The number of halogens is 1. The third kappa shape index (κ3) is 7.13. The molecular formula is C23H31FN2O3S. The molecule has 0 spiro atoms. The molecule has 1 unspecified atom stereocenters. The molecule has 0 fully saturated rings. The van der Waals surface area contributed by atoms with Crippen molar-refractivity contribution in [2.75, 3.05) is 11.0 Å². The van der Waals surface area contributed by atoms with E-state index in [1.54, 1.807) is 6.07 Å². The maximum atomic E-state index is 14.1. The summed E-state index contributed by atoms with van der Waals surface area (Å²) >= 11 is 0. The highest BCUT2D eigenvalue weighted by Crippen LogP contribution is 2.23. The summed E-state index contributed by atoms with van der Waals surface area (Å²) in [5.41, 5.74) is 2.88. The summed E-state index contributed by atoms with van der Waals surface area (Å²) in [5, 5.41) is 2.86. The van der Waals surface area contributed by atoms with Gasteiger partial charge in [-0.2, -0.15) is 0 Å². The molecule has 5 nitrogen and oxygen atoms in total. The summed E-state index contributed by atoms with van der Waals surface area (Å²) in [7, 11) is -3.55. The van der Waals surface area contributed by atoms with Crippen molar-refractivity contribution < 1.29 is 17.6 Å². The Kier molecular flexibility index (Phi) is 7.64. The van der Waals surface area contributed by atoms with E-state index in [0.29, 0.717) is 18.4 Å². The van der Waals surface area contributed by atoms with Crippen LogP contribution in [-0.4, -0.2) is 20.6 Å². The summed E-state index contributed by atoms with van der Waals surface area (Å²) in [6, 6.07) is 12.5. The lowest BCUT2D eigenvalue weighted by atomic mass is 9.86. The van der Waals surface area contributed by atoms with Crippen LogP contribution in [0, 0.1) is 11.7 Å². The van der Waals surface area contributed by atoms with Gasteiger partial charge in [0.15, 0.2) is 0 Å². The normalized spacial score (nSPS) is 13.0. The standard InChI is InChI=1S/C23H31FN2O3S/c1-6-18(13-16-7-10-19(11-8-16)23(2,3)4)22(27)25-15-17-9-12-21(20(24)14-17)26-30(5,28)29/h7-12,14,18,26H,6,13,15H2,1-5H3,(H,25,27). The number of rotatable bonds is 8. The van der Waals surface area contributed by atoms with Crippen molar-refractivity contribution in [3.8, 4) is 0 Å². The highest BCUT2D eigenvalue weighted by molar-refractivity contribution is 7.92. The summed E-state index contributed by atoms with van der Waals surface area (Å²) in [5.74, 6) is -0.948. The average Bonchev–Trinajstić information content (AvgIpc) is 2.65. The molecule has 0 aliphatic rings. The predicted molar refractivity (Wildman–Crippen MR) is 119 cm³/mol. The van der Waals surface area contributed by atoms with E-state index in [1.807, 2.05) is 6.92 Å². The van der Waals surface area contributed by atoms with Crippen LogP contribution < -0.4 is 10.0 Å². The van der Waals surface area contributed by atoms with Crippen LogP contribution in [-0.2, 0) is 33.2 Å². The van der Waals surface area contributed by atoms with Crippen LogP contribution in [0.5, 0.6) is 0 Å². The largest absolute Gasteiger partial charge is 0.352 e. The van der Waals surface area contributed by atoms with Gasteiger partial charge in [-0.1, -0.05) is 58.0 Å². The molecule has 1 amide bonds. The van der Waals surface area contributed by atoms with Crippen LogP contribution in [0.4, 0.5) is 10.1 Å². The molecule has 0 saturated carbocycles. The van der Waals surface area contributed by atoms with Crippen molar-refractivity contribution in [1.82, 2.24) is 5.32 Å². The number of hydrogen-bond acceptors (Lipinski definition) is 3. The minimum atomic E-state index is -3.55. The molecule has 0 aliphatic heterocycles. The average molecular weight is 435 g/mol. The fourth-order valence-electron chi connectivity index (χ4n) is 3.13. The van der Waals surface area contributed by atoms with E-state index in [4.69, 9.17) is 0 Å². The lowest BCUT2D eigenvalue weighted by Crippen LogP contribution is -2.31. The molecule has 0 radical (unpaired) electrons. The van der Waals surface area contributed by atoms with E-state index in [1.165, 1.54) is 17.7 Å². The quantitative estimate of drug-likeness (QED) is 0.647. The first-order chi connectivity index (χ1) is 13.9. The number of amides is 1. The highest BCUT2D eigenvalue weighted by Gasteiger charge is 2.18. The first-order valence-corrected chi connectivity index (χ1v) is 11.9. The maximum Gasteiger partial charge on any atom is 0.229 e. The number of carbonyl (C=O) groups excluding carboxylic acids is 1. The van der Waals surface area contributed by atoms with Gasteiger partial charge in [-0.3, -0.25) is 9.52 Å². The van der Waals surface area contributed by atoms with Gasteiger partial charge < -0.3 is 5.32 Å². The van der Waals surface area contributed by atoms with Crippen molar-refractivity contribution in [3.63, 3.8) is 0 Å². The Bertz CT molecular complexity index is 980. The first-order valence-electron chi connectivity index (χ1n) is 10.0. The van der Waals surface area contributed by atoms with Crippen LogP contribution >= 0.6 is 0 Å². The number of nitrogens with one attached hydrogen (secondary N) is 2. The number of anilines is 1. The molecule has 7 heteroatoms. The Morgan fingerprint density at radius 2 is 1.67 bits per heavy atom. The smallest absolute Gasteiger partial charge is 0.229 e. The van der Waals surface area contributed by atoms with Gasteiger partial charge in [0.2, 0.25) is 15.9 Å². The van der Waals surface area contributed by atoms with Crippen molar-refractivity contribution in [2.45, 2.75) is 52.5 Å². The molecular weight excluding hydrogens is 403 g/mol. The lowest BCUT2D eigenvalue weighted by Gasteiger charge is -2.20. The van der Waals surface area contributed by atoms with Crippen molar-refractivity contribution in [1.29, 1.82) is 0 Å². The molecule has 0 aliphatic carbocycles. The molecule has 2 aromatic rings. The summed E-state index contributed by atoms with van der Waals surface area (Å²) < 4.78 is 38.7. The number of carbonyl (C=O) groups is 1. The predicted octanol–water partition coefficient (Wildman–Crippen LogP) is 4.38. The van der Waals surface area contributed by atoms with Crippen LogP contribution in [0.1, 0.15) is 50.8 Å². The molecule has 2 N–H and O–H groups in total. The first kappa shape index (κ1) is 23.9. The fraction of sp³-hybridized carbons (Fsp3) is 0.435. The molecule has 30 heavy (non-hydrogen) atoms. The van der Waals surface area contributed by atoms with Gasteiger partial charge >= 0.3 is 0 Å². The molecule has 0 saturated heterocycles. The molecule has 0 aromatic heterocycles. The van der Waals surface area contributed by atoms with E-state index in [0.717, 1.165) is 11.8 Å². The van der Waals surface area contributed by atoms with E-state index in [9.17, 15) is 17.6 Å². The van der Waals surface area contributed by atoms with Gasteiger partial charge in [0.05, 0.1) is 11.9 Å². The molecule has 1 atom stereocenters. The highest BCUT2D eigenvalue weighted by atomic mass is 32.2. The fourth-order valence-corrected chi connectivity index (χ4v) is 3.70. The summed E-state index contributed by atoms with van der Waals surface area (Å²) in [6.07, 6.45) is 2.29. The Morgan fingerprint density at radius 1 is 1.07 bits per heavy atom. The third-order valence-electron chi connectivity index (χ3n) is 4.96. The second kappa shape index (κ2) is 9.60. The van der Waals surface area contributed by atoms with Crippen molar-refractivity contribution in [2.24, 2.45) is 5.92 Å². The van der Waals surface area contributed by atoms with E-state index in [-0.39, 0.29) is 29.5 Å². The van der Waals surface area contributed by atoms with Gasteiger partial charge in [0.1, 0.15) is 5.82 Å². The van der Waals surface area contributed by atoms with E-state index < -0.39 is 15.8 Å². The van der Waals surface area contributed by atoms with Crippen LogP contribution in [0.25, 0.3) is 0 Å². The number of hydrogen-bond donors (Lipinski definition) is 2. The zero-order valence-electron chi connectivity index (χ0n) is 18.3. The maximum absolute atomic E-state index is 14.1. The SMILES string of the molecule is CCC(Cc1ccc(C(C)(C)C)cc1)C(=O)NCc1ccc(NS(C)(=O)=O)c(F)c1. The third-order valence-corrected chi connectivity index (χ3v) is 5.55. The molecule has 2 aromatic carbocycles. The Morgan fingerprint density at radius 3 is 2.17 bits per heavy atom. The lowest BCUT2D eigenvalue weighted by molar-refractivity contribution is -0.125. The second-order valence-corrected chi connectivity index (χ2v) is 10.4. The summed E-state index contributed by atoms with van der Waals surface area (Å²) in [4.78, 5) is 12.6.